The Bertz CT molecular complexity index is 564. The molecule has 0 radical (unpaired) electrons. The van der Waals surface area contributed by atoms with Gasteiger partial charge < -0.3 is 11.1 Å². The van der Waals surface area contributed by atoms with Crippen LogP contribution in [-0.4, -0.2) is 16.9 Å². The molecule has 21 heavy (non-hydrogen) atoms. The molecule has 1 amide bonds. The third-order valence-corrected chi connectivity index (χ3v) is 3.22. The largest absolute Gasteiger partial charge is 0.328 e. The highest BCUT2D eigenvalue weighted by molar-refractivity contribution is 5.90. The van der Waals surface area contributed by atoms with Gasteiger partial charge in [0.1, 0.15) is 0 Å². The lowest BCUT2D eigenvalue weighted by molar-refractivity contribution is -0.116. The summed E-state index contributed by atoms with van der Waals surface area (Å²) in [6, 6.07) is 12.0. The zero-order chi connectivity index (χ0) is 15.1. The quantitative estimate of drug-likeness (QED) is 0.856. The molecule has 4 heteroatoms. The number of nitrogens with zero attached hydrogens (tertiary/aromatic N) is 1. The van der Waals surface area contributed by atoms with Crippen molar-refractivity contribution in [2.24, 2.45) is 5.73 Å². The molecule has 1 unspecified atom stereocenters. The fourth-order valence-electron chi connectivity index (χ4n) is 2.02. The molecule has 4 nitrogen and oxygen atoms in total. The number of amides is 1. The molecule has 3 N–H and O–H groups in total. The van der Waals surface area contributed by atoms with E-state index in [0.717, 1.165) is 12.1 Å². The van der Waals surface area contributed by atoms with Crippen LogP contribution in [0.2, 0.25) is 0 Å². The standard InChI is InChI=1S/C17H21N3O/c1-13(18)2-7-17(21)20-16-5-3-14(4-6-16)12-15-8-10-19-11-9-15/h3-6,8-11,13H,2,7,12,18H2,1H3,(H,20,21). The summed E-state index contributed by atoms with van der Waals surface area (Å²) in [6.07, 6.45) is 5.61. The van der Waals surface area contributed by atoms with Crippen LogP contribution in [0.25, 0.3) is 0 Å². The van der Waals surface area contributed by atoms with E-state index in [1.165, 1.54) is 11.1 Å². The van der Waals surface area contributed by atoms with Gasteiger partial charge in [-0.1, -0.05) is 12.1 Å². The molecule has 2 rings (SSSR count). The van der Waals surface area contributed by atoms with Crippen LogP contribution in [0, 0.1) is 0 Å². The number of rotatable bonds is 6. The normalized spacial score (nSPS) is 11.9. The Kier molecular flexibility index (Phi) is 5.46. The Hall–Kier alpha value is -2.20. The van der Waals surface area contributed by atoms with E-state index in [9.17, 15) is 4.79 Å². The summed E-state index contributed by atoms with van der Waals surface area (Å²) in [5.74, 6) is 0.00850. The Morgan fingerprint density at radius 2 is 1.76 bits per heavy atom. The van der Waals surface area contributed by atoms with Crippen molar-refractivity contribution in [3.8, 4) is 0 Å². The maximum absolute atomic E-state index is 11.7. The predicted molar refractivity (Wildman–Crippen MR) is 85.0 cm³/mol. The molecule has 0 aliphatic rings. The zero-order valence-corrected chi connectivity index (χ0v) is 12.3. The lowest BCUT2D eigenvalue weighted by atomic mass is 10.1. The Morgan fingerprint density at radius 3 is 2.38 bits per heavy atom. The van der Waals surface area contributed by atoms with Gasteiger partial charge in [0.2, 0.25) is 5.91 Å². The van der Waals surface area contributed by atoms with E-state index in [1.54, 1.807) is 12.4 Å². The Labute approximate surface area is 125 Å². The second kappa shape index (κ2) is 7.55. The van der Waals surface area contributed by atoms with Crippen molar-refractivity contribution in [1.82, 2.24) is 4.98 Å². The van der Waals surface area contributed by atoms with E-state index >= 15 is 0 Å². The maximum atomic E-state index is 11.7. The molecule has 110 valence electrons. The van der Waals surface area contributed by atoms with Crippen molar-refractivity contribution >= 4 is 11.6 Å². The molecule has 0 saturated carbocycles. The molecule has 0 saturated heterocycles. The summed E-state index contributed by atoms with van der Waals surface area (Å²) in [7, 11) is 0. The van der Waals surface area contributed by atoms with Crippen LogP contribution in [-0.2, 0) is 11.2 Å². The van der Waals surface area contributed by atoms with E-state index in [4.69, 9.17) is 5.73 Å². The predicted octanol–water partition coefficient (Wildman–Crippen LogP) is 2.74. The molecule has 0 spiro atoms. The summed E-state index contributed by atoms with van der Waals surface area (Å²) >= 11 is 0. The van der Waals surface area contributed by atoms with E-state index in [-0.39, 0.29) is 11.9 Å². The number of hydrogen-bond donors (Lipinski definition) is 2. The third-order valence-electron chi connectivity index (χ3n) is 3.22. The second-order valence-corrected chi connectivity index (χ2v) is 5.29. The number of anilines is 1. The molecule has 1 heterocycles. The molecule has 0 bridgehead atoms. The first kappa shape index (κ1) is 15.2. The number of hydrogen-bond acceptors (Lipinski definition) is 3. The van der Waals surface area contributed by atoms with Crippen molar-refractivity contribution < 1.29 is 4.79 Å². The van der Waals surface area contributed by atoms with E-state index in [0.29, 0.717) is 12.8 Å². The van der Waals surface area contributed by atoms with E-state index in [2.05, 4.69) is 10.3 Å². The number of nitrogens with two attached hydrogens (primary N) is 1. The van der Waals surface area contributed by atoms with E-state index in [1.807, 2.05) is 43.3 Å². The monoisotopic (exact) mass is 283 g/mol. The number of pyridine rings is 1. The maximum Gasteiger partial charge on any atom is 0.224 e. The topological polar surface area (TPSA) is 68.0 Å². The van der Waals surface area contributed by atoms with Crippen molar-refractivity contribution in [2.75, 3.05) is 5.32 Å². The van der Waals surface area contributed by atoms with Gasteiger partial charge >= 0.3 is 0 Å². The van der Waals surface area contributed by atoms with Crippen LogP contribution in [0.5, 0.6) is 0 Å². The van der Waals surface area contributed by atoms with Gasteiger partial charge in [-0.2, -0.15) is 0 Å². The van der Waals surface area contributed by atoms with Gasteiger partial charge in [0.05, 0.1) is 0 Å². The van der Waals surface area contributed by atoms with Gasteiger partial charge in [-0.3, -0.25) is 9.78 Å². The highest BCUT2D eigenvalue weighted by Crippen LogP contribution is 2.13. The average Bonchev–Trinajstić information content (AvgIpc) is 2.48. The SMILES string of the molecule is CC(N)CCC(=O)Nc1ccc(Cc2ccncc2)cc1. The van der Waals surface area contributed by atoms with Gasteiger partial charge in [-0.25, -0.2) is 0 Å². The fraction of sp³-hybridized carbons (Fsp3) is 0.294. The van der Waals surface area contributed by atoms with E-state index < -0.39 is 0 Å². The number of carbonyl (C=O) groups is 1. The van der Waals surface area contributed by atoms with Gasteiger partial charge in [0.15, 0.2) is 0 Å². The molecule has 0 aliphatic heterocycles. The minimum atomic E-state index is 0.00850. The van der Waals surface area contributed by atoms with Gasteiger partial charge in [0, 0.05) is 30.5 Å². The number of nitrogens with one attached hydrogen (secondary N) is 1. The molecule has 0 aliphatic carbocycles. The van der Waals surface area contributed by atoms with Gasteiger partial charge in [0.25, 0.3) is 0 Å². The lowest BCUT2D eigenvalue weighted by Gasteiger charge is -2.08. The van der Waals surface area contributed by atoms with Gasteiger partial charge in [-0.15, -0.1) is 0 Å². The molecule has 1 aromatic carbocycles. The van der Waals surface area contributed by atoms with Crippen molar-refractivity contribution in [3.05, 3.63) is 59.9 Å². The lowest BCUT2D eigenvalue weighted by Crippen LogP contribution is -2.19. The summed E-state index contributed by atoms with van der Waals surface area (Å²) in [4.78, 5) is 15.7. The molecule has 1 atom stereocenters. The first-order valence-corrected chi connectivity index (χ1v) is 7.17. The minimum absolute atomic E-state index is 0.00850. The molecule has 1 aromatic heterocycles. The first-order chi connectivity index (χ1) is 10.1. The average molecular weight is 283 g/mol. The van der Waals surface area contributed by atoms with Crippen molar-refractivity contribution in [3.63, 3.8) is 0 Å². The number of benzene rings is 1. The fourth-order valence-corrected chi connectivity index (χ4v) is 2.02. The second-order valence-electron chi connectivity index (χ2n) is 5.29. The minimum Gasteiger partial charge on any atom is -0.328 e. The zero-order valence-electron chi connectivity index (χ0n) is 12.3. The van der Waals surface area contributed by atoms with Crippen LogP contribution < -0.4 is 11.1 Å². The Balaban J connectivity index is 1.88. The molecular formula is C17H21N3O. The molecular weight excluding hydrogens is 262 g/mol. The molecule has 2 aromatic rings. The highest BCUT2D eigenvalue weighted by Gasteiger charge is 2.04. The van der Waals surface area contributed by atoms with Gasteiger partial charge in [-0.05, 0) is 55.2 Å². The smallest absolute Gasteiger partial charge is 0.224 e. The molecule has 0 fully saturated rings. The van der Waals surface area contributed by atoms with Crippen molar-refractivity contribution in [2.45, 2.75) is 32.2 Å². The number of carbonyl (C=O) groups excluding carboxylic acids is 1. The van der Waals surface area contributed by atoms with Crippen LogP contribution in [0.15, 0.2) is 48.8 Å². The highest BCUT2D eigenvalue weighted by atomic mass is 16.1. The summed E-state index contributed by atoms with van der Waals surface area (Å²) < 4.78 is 0. The summed E-state index contributed by atoms with van der Waals surface area (Å²) in [5.41, 5.74) is 8.89. The van der Waals surface area contributed by atoms with Crippen molar-refractivity contribution in [1.29, 1.82) is 0 Å². The third kappa shape index (κ3) is 5.36. The first-order valence-electron chi connectivity index (χ1n) is 7.17. The van der Waals surface area contributed by atoms with Crippen LogP contribution in [0.1, 0.15) is 30.9 Å². The number of aromatic nitrogens is 1. The van der Waals surface area contributed by atoms with Crippen LogP contribution >= 0.6 is 0 Å². The van der Waals surface area contributed by atoms with Crippen LogP contribution in [0.3, 0.4) is 0 Å². The Morgan fingerprint density at radius 1 is 1.14 bits per heavy atom. The van der Waals surface area contributed by atoms with Crippen LogP contribution in [0.4, 0.5) is 5.69 Å². The summed E-state index contributed by atoms with van der Waals surface area (Å²) in [5, 5.41) is 2.88. The summed E-state index contributed by atoms with van der Waals surface area (Å²) in [6.45, 7) is 1.90.